The Morgan fingerprint density at radius 1 is 0.962 bits per heavy atom. The average Bonchev–Trinajstić information content (AvgIpc) is 3.18. The van der Waals surface area contributed by atoms with Crippen molar-refractivity contribution in [3.05, 3.63) is 59.7 Å². The van der Waals surface area contributed by atoms with Gasteiger partial charge in [0.2, 0.25) is 15.9 Å². The zero-order valence-corrected chi connectivity index (χ0v) is 14.7. The third kappa shape index (κ3) is 3.76. The van der Waals surface area contributed by atoms with Crippen molar-refractivity contribution in [3.63, 3.8) is 0 Å². The second-order valence-electron chi connectivity index (χ2n) is 5.92. The summed E-state index contributed by atoms with van der Waals surface area (Å²) in [5.74, 6) is -1.04. The van der Waals surface area contributed by atoms with Crippen LogP contribution in [-0.4, -0.2) is 37.7 Å². The lowest BCUT2D eigenvalue weighted by Gasteiger charge is -2.15. The molecule has 1 aliphatic rings. The number of hydrogen-bond acceptors (Lipinski definition) is 5. The first-order valence-electron chi connectivity index (χ1n) is 8.10. The van der Waals surface area contributed by atoms with Gasteiger partial charge in [-0.25, -0.2) is 13.2 Å². The summed E-state index contributed by atoms with van der Waals surface area (Å²) in [4.78, 5) is 23.4. The predicted octanol–water partition coefficient (Wildman–Crippen LogP) is 1.79. The van der Waals surface area contributed by atoms with Gasteiger partial charge in [-0.15, -0.1) is 0 Å². The van der Waals surface area contributed by atoms with Crippen molar-refractivity contribution in [2.75, 3.05) is 13.1 Å². The number of esters is 1. The lowest BCUT2D eigenvalue weighted by Crippen LogP contribution is -2.28. The van der Waals surface area contributed by atoms with Crippen molar-refractivity contribution in [1.82, 2.24) is 4.31 Å². The van der Waals surface area contributed by atoms with Crippen molar-refractivity contribution in [1.29, 1.82) is 0 Å². The molecule has 2 aromatic rings. The average molecular weight is 374 g/mol. The van der Waals surface area contributed by atoms with Gasteiger partial charge in [0.1, 0.15) is 5.75 Å². The maximum Gasteiger partial charge on any atom is 0.343 e. The van der Waals surface area contributed by atoms with Crippen LogP contribution in [0.25, 0.3) is 0 Å². The summed E-state index contributed by atoms with van der Waals surface area (Å²) in [6.07, 6.45) is 1.67. The largest absolute Gasteiger partial charge is 0.423 e. The third-order valence-corrected chi connectivity index (χ3v) is 6.02. The molecule has 0 spiro atoms. The van der Waals surface area contributed by atoms with Crippen LogP contribution in [-0.2, 0) is 10.0 Å². The Labute approximate surface area is 151 Å². The van der Waals surface area contributed by atoms with E-state index < -0.39 is 21.9 Å². The van der Waals surface area contributed by atoms with Gasteiger partial charge in [-0.3, -0.25) is 4.79 Å². The van der Waals surface area contributed by atoms with Gasteiger partial charge in [-0.2, -0.15) is 4.31 Å². The van der Waals surface area contributed by atoms with Gasteiger partial charge in [-0.05, 0) is 55.3 Å². The number of carbonyl (C=O) groups is 2. The van der Waals surface area contributed by atoms with Crippen LogP contribution in [0.1, 0.15) is 33.6 Å². The Kier molecular flexibility index (Phi) is 5.06. The first kappa shape index (κ1) is 18.1. The molecule has 1 heterocycles. The Morgan fingerprint density at radius 2 is 1.62 bits per heavy atom. The molecule has 2 N–H and O–H groups in total. The lowest BCUT2D eigenvalue weighted by atomic mass is 10.2. The van der Waals surface area contributed by atoms with Crippen LogP contribution in [0.5, 0.6) is 5.75 Å². The van der Waals surface area contributed by atoms with Crippen LogP contribution in [0.4, 0.5) is 0 Å². The highest BCUT2D eigenvalue weighted by Gasteiger charge is 2.27. The third-order valence-electron chi connectivity index (χ3n) is 4.12. The molecule has 1 aliphatic heterocycles. The minimum Gasteiger partial charge on any atom is -0.423 e. The van der Waals surface area contributed by atoms with Crippen LogP contribution in [0, 0.1) is 0 Å². The second-order valence-corrected chi connectivity index (χ2v) is 7.86. The van der Waals surface area contributed by atoms with Crippen LogP contribution in [0.3, 0.4) is 0 Å². The summed E-state index contributed by atoms with van der Waals surface area (Å²) in [7, 11) is -3.61. The number of rotatable bonds is 5. The van der Waals surface area contributed by atoms with E-state index >= 15 is 0 Å². The molecule has 1 saturated heterocycles. The standard InChI is InChI=1S/C18H18N2O5S/c19-17(21)13-6-8-15(9-7-13)25-18(22)14-4-3-5-16(12-14)26(23,24)20-10-1-2-11-20/h3-9,12H,1-2,10-11H2,(H2,19,21). The number of benzene rings is 2. The van der Waals surface area contributed by atoms with Crippen LogP contribution >= 0.6 is 0 Å². The molecule has 136 valence electrons. The molecule has 7 nitrogen and oxygen atoms in total. The van der Waals surface area contributed by atoms with E-state index in [1.54, 1.807) is 0 Å². The number of hydrogen-bond donors (Lipinski definition) is 1. The Balaban J connectivity index is 1.79. The quantitative estimate of drug-likeness (QED) is 0.634. The SMILES string of the molecule is NC(=O)c1ccc(OC(=O)c2cccc(S(=O)(=O)N3CCCC3)c2)cc1. The topological polar surface area (TPSA) is 107 Å². The number of nitrogens with two attached hydrogens (primary N) is 1. The molecule has 2 aromatic carbocycles. The van der Waals surface area contributed by atoms with E-state index in [1.807, 2.05) is 0 Å². The molecule has 0 unspecified atom stereocenters. The summed E-state index contributed by atoms with van der Waals surface area (Å²) in [6.45, 7) is 0.979. The van der Waals surface area contributed by atoms with E-state index in [9.17, 15) is 18.0 Å². The Hall–Kier alpha value is -2.71. The smallest absolute Gasteiger partial charge is 0.343 e. The second kappa shape index (κ2) is 7.27. The molecule has 0 atom stereocenters. The number of ether oxygens (including phenoxy) is 1. The highest BCUT2D eigenvalue weighted by atomic mass is 32.2. The molecule has 8 heteroatoms. The van der Waals surface area contributed by atoms with E-state index in [4.69, 9.17) is 10.5 Å². The molecule has 0 aromatic heterocycles. The molecule has 0 radical (unpaired) electrons. The summed E-state index contributed by atoms with van der Waals surface area (Å²) in [5.41, 5.74) is 5.58. The molecular weight excluding hydrogens is 356 g/mol. The van der Waals surface area contributed by atoms with Crippen molar-refractivity contribution in [3.8, 4) is 5.75 Å². The molecule has 0 aliphatic carbocycles. The molecule has 0 saturated carbocycles. The van der Waals surface area contributed by atoms with Crippen molar-refractivity contribution in [2.24, 2.45) is 5.73 Å². The van der Waals surface area contributed by atoms with Gasteiger partial charge >= 0.3 is 5.97 Å². The number of sulfonamides is 1. The maximum absolute atomic E-state index is 12.6. The van der Waals surface area contributed by atoms with Crippen LogP contribution in [0.15, 0.2) is 53.4 Å². The number of primary amides is 1. The van der Waals surface area contributed by atoms with Gasteiger partial charge in [-0.1, -0.05) is 6.07 Å². The Bertz CT molecular complexity index is 932. The number of nitrogens with zero attached hydrogens (tertiary/aromatic N) is 1. The van der Waals surface area contributed by atoms with Gasteiger partial charge in [0.05, 0.1) is 10.5 Å². The van der Waals surface area contributed by atoms with Crippen LogP contribution in [0.2, 0.25) is 0 Å². The van der Waals surface area contributed by atoms with Gasteiger partial charge < -0.3 is 10.5 Å². The van der Waals surface area contributed by atoms with E-state index in [2.05, 4.69) is 0 Å². The zero-order chi connectivity index (χ0) is 18.7. The Morgan fingerprint density at radius 3 is 2.23 bits per heavy atom. The molecule has 3 rings (SSSR count). The van der Waals surface area contributed by atoms with Gasteiger partial charge in [0.15, 0.2) is 0 Å². The van der Waals surface area contributed by atoms with E-state index in [0.717, 1.165) is 12.8 Å². The maximum atomic E-state index is 12.6. The highest BCUT2D eigenvalue weighted by Crippen LogP contribution is 2.22. The summed E-state index contributed by atoms with van der Waals surface area (Å²) >= 11 is 0. The normalized spacial score (nSPS) is 14.9. The van der Waals surface area contributed by atoms with Crippen molar-refractivity contribution in [2.45, 2.75) is 17.7 Å². The molecule has 26 heavy (non-hydrogen) atoms. The summed E-state index contributed by atoms with van der Waals surface area (Å²) in [6, 6.07) is 11.6. The fourth-order valence-corrected chi connectivity index (χ4v) is 4.28. The van der Waals surface area contributed by atoms with Gasteiger partial charge in [0.25, 0.3) is 0 Å². The van der Waals surface area contributed by atoms with E-state index in [-0.39, 0.29) is 16.2 Å². The van der Waals surface area contributed by atoms with Crippen molar-refractivity contribution < 1.29 is 22.7 Å². The van der Waals surface area contributed by atoms with Crippen LogP contribution < -0.4 is 10.5 Å². The zero-order valence-electron chi connectivity index (χ0n) is 13.9. The summed E-state index contributed by atoms with van der Waals surface area (Å²) < 4.78 is 31.8. The number of amides is 1. The monoisotopic (exact) mass is 374 g/mol. The van der Waals surface area contributed by atoms with Crippen molar-refractivity contribution >= 4 is 21.9 Å². The summed E-state index contributed by atoms with van der Waals surface area (Å²) in [5, 5.41) is 0. The first-order valence-corrected chi connectivity index (χ1v) is 9.54. The van der Waals surface area contributed by atoms with E-state index in [0.29, 0.717) is 18.7 Å². The predicted molar refractivity (Wildman–Crippen MR) is 94.4 cm³/mol. The first-order chi connectivity index (χ1) is 12.4. The molecule has 0 bridgehead atoms. The highest BCUT2D eigenvalue weighted by molar-refractivity contribution is 7.89. The fraction of sp³-hybridized carbons (Fsp3) is 0.222. The molecule has 1 fully saturated rings. The minimum atomic E-state index is -3.61. The van der Waals surface area contributed by atoms with Gasteiger partial charge in [0, 0.05) is 18.7 Å². The molecule has 1 amide bonds. The molecular formula is C18H18N2O5S. The number of carbonyl (C=O) groups excluding carboxylic acids is 2. The fourth-order valence-electron chi connectivity index (χ4n) is 2.71. The van der Waals surface area contributed by atoms with E-state index in [1.165, 1.54) is 52.8 Å². The lowest BCUT2D eigenvalue weighted by molar-refractivity contribution is 0.0734. The minimum absolute atomic E-state index is 0.0675.